The normalized spacial score (nSPS) is 24.2. The molecule has 4 heterocycles. The van der Waals surface area contributed by atoms with Crippen LogP contribution in [0, 0.1) is 49.9 Å². The molecule has 2 saturated heterocycles. The second-order valence-electron chi connectivity index (χ2n) is 18.0. The lowest BCUT2D eigenvalue weighted by atomic mass is 9.51. The van der Waals surface area contributed by atoms with Crippen LogP contribution >= 0.6 is 22.9 Å². The van der Waals surface area contributed by atoms with E-state index in [0.29, 0.717) is 51.1 Å². The van der Waals surface area contributed by atoms with Crippen LogP contribution in [0.15, 0.2) is 107 Å². The monoisotopic (exact) mass is 891 g/mol. The Morgan fingerprint density at radius 2 is 1.48 bits per heavy atom. The molecule has 6 atom stereocenters. The van der Waals surface area contributed by atoms with Crippen LogP contribution in [0.2, 0.25) is 5.02 Å². The molecule has 0 bridgehead atoms. The van der Waals surface area contributed by atoms with E-state index in [9.17, 15) is 14.7 Å². The average Bonchev–Trinajstić information content (AvgIpc) is 3.95. The van der Waals surface area contributed by atoms with Gasteiger partial charge in [0.2, 0.25) is 23.6 Å². The van der Waals surface area contributed by atoms with Crippen LogP contribution in [0.4, 0.5) is 28.6 Å². The van der Waals surface area contributed by atoms with Gasteiger partial charge in [0.05, 0.1) is 45.1 Å². The number of hydrogen-bond acceptors (Lipinski definition) is 10. The number of amides is 4. The van der Waals surface area contributed by atoms with E-state index in [2.05, 4.69) is 10.2 Å². The summed E-state index contributed by atoms with van der Waals surface area (Å²) in [6.07, 6.45) is 2.55. The van der Waals surface area contributed by atoms with E-state index < -0.39 is 35.0 Å². The van der Waals surface area contributed by atoms with Crippen molar-refractivity contribution in [1.82, 2.24) is 9.78 Å². The predicted molar refractivity (Wildman–Crippen MR) is 250 cm³/mol. The SMILES string of the molecule is Cc1cc(C2C3=CCC4C(=O)N(c5ccc(N=Nc6ccc(N(C)C)cc6)cc5)C(=O)C4C3CC3C(=O)N(c4cc(-c5sc6ccc(Cl)cc6c5C)nn4C)C(=O)C32C)cc(C)c1O. The summed E-state index contributed by atoms with van der Waals surface area (Å²) in [7, 11) is 5.67. The van der Waals surface area contributed by atoms with Gasteiger partial charge in [-0.3, -0.25) is 28.8 Å². The predicted octanol–water partition coefficient (Wildman–Crippen LogP) is 10.5. The maximum Gasteiger partial charge on any atom is 0.242 e. The summed E-state index contributed by atoms with van der Waals surface area (Å²) in [5.74, 6) is -4.17. The van der Waals surface area contributed by atoms with Crippen LogP contribution < -0.4 is 14.7 Å². The molecular formula is C50H46ClN7O5S. The number of aryl methyl sites for hydroxylation is 4. The van der Waals surface area contributed by atoms with Crippen molar-refractivity contribution < 1.29 is 24.3 Å². The lowest BCUT2D eigenvalue weighted by molar-refractivity contribution is -0.131. The zero-order valence-corrected chi connectivity index (χ0v) is 38.0. The van der Waals surface area contributed by atoms with E-state index in [0.717, 1.165) is 37.4 Å². The van der Waals surface area contributed by atoms with Gasteiger partial charge in [0.25, 0.3) is 0 Å². The van der Waals surface area contributed by atoms with E-state index >= 15 is 9.59 Å². The Morgan fingerprint density at radius 3 is 2.14 bits per heavy atom. The molecule has 0 radical (unpaired) electrons. The molecule has 64 heavy (non-hydrogen) atoms. The van der Waals surface area contributed by atoms with Crippen molar-refractivity contribution >= 4 is 85.2 Å². The highest BCUT2D eigenvalue weighted by molar-refractivity contribution is 7.22. The maximum absolute atomic E-state index is 15.3. The van der Waals surface area contributed by atoms with Crippen molar-refractivity contribution in [3.63, 3.8) is 0 Å². The molecule has 14 heteroatoms. The number of benzene rings is 4. The summed E-state index contributed by atoms with van der Waals surface area (Å²) in [5.41, 5.74) is 6.03. The van der Waals surface area contributed by atoms with E-state index in [1.165, 1.54) is 9.80 Å². The molecule has 4 amide bonds. The van der Waals surface area contributed by atoms with Gasteiger partial charge in [-0.05, 0) is 141 Å². The number of imide groups is 2. The summed E-state index contributed by atoms with van der Waals surface area (Å²) >= 11 is 7.93. The number of anilines is 3. The van der Waals surface area contributed by atoms with Crippen molar-refractivity contribution in [3.05, 3.63) is 124 Å². The first kappa shape index (κ1) is 41.6. The molecule has 10 rings (SSSR count). The number of nitrogens with zero attached hydrogens (tertiary/aromatic N) is 7. The van der Waals surface area contributed by atoms with E-state index in [4.69, 9.17) is 16.7 Å². The van der Waals surface area contributed by atoms with Crippen molar-refractivity contribution in [2.75, 3.05) is 28.8 Å². The van der Waals surface area contributed by atoms with Gasteiger partial charge in [0.15, 0.2) is 0 Å². The van der Waals surface area contributed by atoms with Crippen molar-refractivity contribution in [3.8, 4) is 16.3 Å². The molecule has 324 valence electrons. The highest BCUT2D eigenvalue weighted by Crippen LogP contribution is 2.64. The van der Waals surface area contributed by atoms with Crippen LogP contribution in [0.3, 0.4) is 0 Å². The second kappa shape index (κ2) is 15.1. The number of aromatic hydroxyl groups is 1. The van der Waals surface area contributed by atoms with Gasteiger partial charge >= 0.3 is 0 Å². The zero-order chi connectivity index (χ0) is 45.1. The molecule has 0 spiro atoms. The Hall–Kier alpha value is -6.44. The minimum absolute atomic E-state index is 0.158. The molecule has 1 N–H and O–H groups in total. The highest BCUT2D eigenvalue weighted by Gasteiger charge is 2.68. The minimum Gasteiger partial charge on any atom is -0.507 e. The number of carbonyl (C=O) groups is 4. The van der Waals surface area contributed by atoms with Crippen molar-refractivity contribution in [2.45, 2.75) is 46.5 Å². The standard InChI is InChI=1S/C50H46ClN7O5S/c1-25-20-28(21-26(2)44(25)59)43-34-17-18-35-42(48(62)57(46(35)60)33-15-11-31(12-16-33)53-52-30-9-13-32(14-10-30)55(5)6)37(34)23-38-47(61)58(49(63)50(38,43)4)41-24-39(54-56(41)7)45-27(3)36-22-29(51)8-19-40(36)64-45/h8-17,19-22,24,35,37-38,42-43,59H,18,23H2,1-7H3. The van der Waals surface area contributed by atoms with Gasteiger partial charge in [0, 0.05) is 48.5 Å². The van der Waals surface area contributed by atoms with Gasteiger partial charge < -0.3 is 10.0 Å². The first-order valence-corrected chi connectivity index (χ1v) is 22.5. The Kier molecular flexibility index (Phi) is 9.80. The highest BCUT2D eigenvalue weighted by atomic mass is 35.5. The lowest BCUT2D eigenvalue weighted by Crippen LogP contribution is -2.49. The van der Waals surface area contributed by atoms with E-state index in [-0.39, 0.29) is 35.8 Å². The molecule has 2 aliphatic carbocycles. The third-order valence-electron chi connectivity index (χ3n) is 14.1. The topological polar surface area (TPSA) is 141 Å². The molecule has 3 fully saturated rings. The number of fused-ring (bicyclic) bond motifs is 5. The molecule has 12 nitrogen and oxygen atoms in total. The van der Waals surface area contributed by atoms with E-state index in [1.807, 2.05) is 107 Å². The molecular weight excluding hydrogens is 846 g/mol. The number of halogens is 1. The van der Waals surface area contributed by atoms with Crippen LogP contribution in [0.1, 0.15) is 47.9 Å². The number of carbonyl (C=O) groups excluding carboxylic acids is 4. The summed E-state index contributed by atoms with van der Waals surface area (Å²) < 4.78 is 2.63. The van der Waals surface area contributed by atoms with Gasteiger partial charge in [-0.15, -0.1) is 11.3 Å². The van der Waals surface area contributed by atoms with Crippen molar-refractivity contribution in [2.24, 2.45) is 46.4 Å². The second-order valence-corrected chi connectivity index (χ2v) is 19.5. The van der Waals surface area contributed by atoms with Crippen LogP contribution in [0.5, 0.6) is 5.75 Å². The molecule has 2 aliphatic heterocycles. The Morgan fingerprint density at radius 1 is 0.828 bits per heavy atom. The van der Waals surface area contributed by atoms with Gasteiger partial charge in [-0.1, -0.05) is 35.4 Å². The fourth-order valence-corrected chi connectivity index (χ4v) is 12.2. The molecule has 6 aromatic rings. The van der Waals surface area contributed by atoms with Crippen LogP contribution in [0.25, 0.3) is 20.7 Å². The van der Waals surface area contributed by atoms with Crippen LogP contribution in [-0.4, -0.2) is 52.6 Å². The molecule has 1 saturated carbocycles. The molecule has 4 aliphatic rings. The quantitative estimate of drug-likeness (QED) is 0.0956. The summed E-state index contributed by atoms with van der Waals surface area (Å²) in [5, 5.41) is 26.1. The average molecular weight is 892 g/mol. The lowest BCUT2D eigenvalue weighted by Gasteiger charge is -2.49. The smallest absolute Gasteiger partial charge is 0.242 e. The number of hydrogen-bond donors (Lipinski definition) is 1. The third-order valence-corrected chi connectivity index (χ3v) is 15.6. The number of aromatic nitrogens is 2. The fourth-order valence-electron chi connectivity index (χ4n) is 10.8. The van der Waals surface area contributed by atoms with Gasteiger partial charge in [0.1, 0.15) is 17.3 Å². The Labute approximate surface area is 379 Å². The molecule has 2 aromatic heterocycles. The number of thiophene rings is 1. The minimum atomic E-state index is -1.26. The number of phenols is 1. The number of allylic oxidation sites excluding steroid dienone is 2. The Balaban J connectivity index is 1.000. The number of rotatable bonds is 7. The first-order valence-electron chi connectivity index (χ1n) is 21.3. The molecule has 6 unspecified atom stereocenters. The number of phenolic OH excluding ortho intramolecular Hbond substituents is 1. The van der Waals surface area contributed by atoms with E-state index in [1.54, 1.807) is 53.4 Å². The van der Waals surface area contributed by atoms with Gasteiger partial charge in [-0.2, -0.15) is 15.3 Å². The third kappa shape index (κ3) is 6.26. The summed E-state index contributed by atoms with van der Waals surface area (Å²) in [6.45, 7) is 7.52. The van der Waals surface area contributed by atoms with Crippen LogP contribution in [-0.2, 0) is 26.2 Å². The summed E-state index contributed by atoms with van der Waals surface area (Å²) in [4.78, 5) is 65.0. The maximum atomic E-state index is 15.3. The number of azo groups is 1. The molecule has 4 aromatic carbocycles. The first-order chi connectivity index (χ1) is 30.6. The Bertz CT molecular complexity index is 3020. The van der Waals surface area contributed by atoms with Gasteiger partial charge in [-0.25, -0.2) is 4.90 Å². The zero-order valence-electron chi connectivity index (χ0n) is 36.5. The summed E-state index contributed by atoms with van der Waals surface area (Å²) in [6, 6.07) is 25.9. The largest absolute Gasteiger partial charge is 0.507 e. The fraction of sp³-hybridized carbons (Fsp3) is 0.300. The van der Waals surface area contributed by atoms with Crippen molar-refractivity contribution in [1.29, 1.82) is 0 Å².